The number of benzene rings is 2. The maximum Gasteiger partial charge on any atom is 0.272 e. The molecule has 4 aromatic rings. The van der Waals surface area contributed by atoms with Gasteiger partial charge in [0.25, 0.3) is 5.56 Å². The molecule has 8 heteroatoms. The highest BCUT2D eigenvalue weighted by atomic mass is 32.2. The maximum atomic E-state index is 13.3. The smallest absolute Gasteiger partial charge is 0.272 e. The van der Waals surface area contributed by atoms with Gasteiger partial charge in [-0.2, -0.15) is 0 Å². The number of fused-ring (bicyclic) bond motifs is 1. The van der Waals surface area contributed by atoms with Gasteiger partial charge < -0.3 is 5.32 Å². The van der Waals surface area contributed by atoms with Gasteiger partial charge in [-0.15, -0.1) is 11.3 Å². The van der Waals surface area contributed by atoms with Crippen LogP contribution in [0.25, 0.3) is 10.2 Å². The molecule has 0 aliphatic carbocycles. The van der Waals surface area contributed by atoms with Crippen LogP contribution in [0.2, 0.25) is 0 Å². The first-order valence-electron chi connectivity index (χ1n) is 10.7. The Bertz CT molecular complexity index is 1290. The standard InChI is InChI=1S/C25H24FN3O2S2/c1-17(7-8-18-5-3-2-4-6-18)27-22(30)16-33-25-28-21-13-14-32-23(21)24(31)29(25)15-19-9-11-20(26)12-10-19/h2-6,9-14,17H,7-8,15-16H2,1H3,(H,27,30). The van der Waals surface area contributed by atoms with Crippen LogP contribution in [0, 0.1) is 5.82 Å². The summed E-state index contributed by atoms with van der Waals surface area (Å²) in [6, 6.07) is 18.0. The molecular weight excluding hydrogens is 457 g/mol. The first-order valence-corrected chi connectivity index (χ1v) is 12.5. The van der Waals surface area contributed by atoms with E-state index in [4.69, 9.17) is 0 Å². The van der Waals surface area contributed by atoms with Crippen molar-refractivity contribution >= 4 is 39.2 Å². The number of hydrogen-bond donors (Lipinski definition) is 1. The van der Waals surface area contributed by atoms with E-state index in [9.17, 15) is 14.0 Å². The molecule has 0 spiro atoms. The number of thioether (sulfide) groups is 1. The minimum Gasteiger partial charge on any atom is -0.353 e. The summed E-state index contributed by atoms with van der Waals surface area (Å²) in [6.07, 6.45) is 1.73. The third-order valence-electron chi connectivity index (χ3n) is 5.23. The Morgan fingerprint density at radius 2 is 1.88 bits per heavy atom. The number of halogens is 1. The fraction of sp³-hybridized carbons (Fsp3) is 0.240. The molecule has 170 valence electrons. The Labute approximate surface area is 199 Å². The molecule has 2 aromatic carbocycles. The zero-order chi connectivity index (χ0) is 23.2. The lowest BCUT2D eigenvalue weighted by Gasteiger charge is -2.15. The highest BCUT2D eigenvalue weighted by Gasteiger charge is 2.15. The largest absolute Gasteiger partial charge is 0.353 e. The molecule has 1 atom stereocenters. The molecule has 0 saturated carbocycles. The number of aryl methyl sites for hydroxylation is 1. The van der Waals surface area contributed by atoms with Crippen molar-refractivity contribution in [3.05, 3.63) is 93.3 Å². The molecule has 0 bridgehead atoms. The van der Waals surface area contributed by atoms with Crippen LogP contribution in [0.4, 0.5) is 4.39 Å². The molecule has 5 nitrogen and oxygen atoms in total. The third kappa shape index (κ3) is 6.09. The summed E-state index contributed by atoms with van der Waals surface area (Å²) in [4.78, 5) is 30.2. The fourth-order valence-corrected chi connectivity index (χ4v) is 5.08. The summed E-state index contributed by atoms with van der Waals surface area (Å²) < 4.78 is 15.4. The van der Waals surface area contributed by atoms with Crippen molar-refractivity contribution < 1.29 is 9.18 Å². The Kier molecular flexibility index (Phi) is 7.57. The molecule has 2 aromatic heterocycles. The van der Waals surface area contributed by atoms with Gasteiger partial charge in [-0.3, -0.25) is 14.2 Å². The minimum absolute atomic E-state index is 0.0343. The molecule has 0 fully saturated rings. The average Bonchev–Trinajstić information content (AvgIpc) is 3.29. The third-order valence-corrected chi connectivity index (χ3v) is 7.10. The van der Waals surface area contributed by atoms with Crippen LogP contribution in [-0.2, 0) is 17.8 Å². The molecule has 0 saturated heterocycles. The summed E-state index contributed by atoms with van der Waals surface area (Å²) in [5.74, 6) is -0.277. The molecule has 1 unspecified atom stereocenters. The normalized spacial score (nSPS) is 12.1. The number of hydrogen-bond acceptors (Lipinski definition) is 5. The molecule has 2 heterocycles. The first-order chi connectivity index (χ1) is 16.0. The predicted octanol–water partition coefficient (Wildman–Crippen LogP) is 4.88. The van der Waals surface area contributed by atoms with Gasteiger partial charge in [0, 0.05) is 6.04 Å². The highest BCUT2D eigenvalue weighted by Crippen LogP contribution is 2.22. The first kappa shape index (κ1) is 23.2. The Morgan fingerprint density at radius 3 is 2.64 bits per heavy atom. The van der Waals surface area contributed by atoms with Crippen LogP contribution in [0.3, 0.4) is 0 Å². The second kappa shape index (κ2) is 10.8. The van der Waals surface area contributed by atoms with Gasteiger partial charge in [0.2, 0.25) is 5.91 Å². The molecule has 0 radical (unpaired) electrons. The predicted molar refractivity (Wildman–Crippen MR) is 132 cm³/mol. The summed E-state index contributed by atoms with van der Waals surface area (Å²) in [7, 11) is 0. The molecule has 1 amide bonds. The molecule has 0 aliphatic rings. The van der Waals surface area contributed by atoms with Gasteiger partial charge >= 0.3 is 0 Å². The summed E-state index contributed by atoms with van der Waals surface area (Å²) in [5.41, 5.74) is 2.50. The lowest BCUT2D eigenvalue weighted by atomic mass is 10.1. The Hall–Kier alpha value is -2.97. The van der Waals surface area contributed by atoms with Crippen LogP contribution >= 0.6 is 23.1 Å². The zero-order valence-electron chi connectivity index (χ0n) is 18.2. The van der Waals surface area contributed by atoms with Crippen LogP contribution in [0.15, 0.2) is 76.0 Å². The van der Waals surface area contributed by atoms with Crippen molar-refractivity contribution in [2.75, 3.05) is 5.75 Å². The van der Waals surface area contributed by atoms with E-state index >= 15 is 0 Å². The second-order valence-corrected chi connectivity index (χ2v) is 9.69. The lowest BCUT2D eigenvalue weighted by Crippen LogP contribution is -2.34. The summed E-state index contributed by atoms with van der Waals surface area (Å²) in [5, 5.41) is 5.33. The van der Waals surface area contributed by atoms with Gasteiger partial charge in [0.15, 0.2) is 5.16 Å². The second-order valence-electron chi connectivity index (χ2n) is 7.83. The van der Waals surface area contributed by atoms with Crippen molar-refractivity contribution in [3.8, 4) is 0 Å². The number of amides is 1. The van der Waals surface area contributed by atoms with E-state index < -0.39 is 0 Å². The van der Waals surface area contributed by atoms with E-state index in [1.807, 2.05) is 30.5 Å². The van der Waals surface area contributed by atoms with Crippen molar-refractivity contribution in [1.29, 1.82) is 0 Å². The molecular formula is C25H24FN3O2S2. The summed E-state index contributed by atoms with van der Waals surface area (Å²) in [6.45, 7) is 2.25. The summed E-state index contributed by atoms with van der Waals surface area (Å²) >= 11 is 2.58. The number of nitrogens with zero attached hydrogens (tertiary/aromatic N) is 2. The van der Waals surface area contributed by atoms with Gasteiger partial charge in [-0.1, -0.05) is 54.2 Å². The van der Waals surface area contributed by atoms with Gasteiger partial charge in [-0.05, 0) is 54.5 Å². The monoisotopic (exact) mass is 481 g/mol. The number of aromatic nitrogens is 2. The SMILES string of the molecule is CC(CCc1ccccc1)NC(=O)CSc1nc2ccsc2c(=O)n1Cc1ccc(F)cc1. The van der Waals surface area contributed by atoms with E-state index in [1.165, 1.54) is 40.8 Å². The highest BCUT2D eigenvalue weighted by molar-refractivity contribution is 7.99. The number of rotatable bonds is 9. The molecule has 4 rings (SSSR count). The minimum atomic E-state index is -0.328. The fourth-order valence-electron chi connectivity index (χ4n) is 3.49. The topological polar surface area (TPSA) is 64.0 Å². The van der Waals surface area contributed by atoms with Crippen molar-refractivity contribution in [2.45, 2.75) is 37.5 Å². The van der Waals surface area contributed by atoms with Crippen LogP contribution < -0.4 is 10.9 Å². The van der Waals surface area contributed by atoms with E-state index in [-0.39, 0.29) is 35.6 Å². The number of thiophene rings is 1. The molecule has 1 N–H and O–H groups in total. The number of carbonyl (C=O) groups is 1. The van der Waals surface area contributed by atoms with Gasteiger partial charge in [0.05, 0.1) is 17.8 Å². The van der Waals surface area contributed by atoms with Crippen LogP contribution in [0.1, 0.15) is 24.5 Å². The van der Waals surface area contributed by atoms with E-state index in [1.54, 1.807) is 22.8 Å². The zero-order valence-corrected chi connectivity index (χ0v) is 19.8. The van der Waals surface area contributed by atoms with E-state index in [0.29, 0.717) is 15.4 Å². The average molecular weight is 482 g/mol. The quantitative estimate of drug-likeness (QED) is 0.274. The van der Waals surface area contributed by atoms with E-state index in [2.05, 4.69) is 22.4 Å². The van der Waals surface area contributed by atoms with Crippen molar-refractivity contribution in [2.24, 2.45) is 0 Å². The van der Waals surface area contributed by atoms with E-state index in [0.717, 1.165) is 18.4 Å². The van der Waals surface area contributed by atoms with Crippen molar-refractivity contribution in [1.82, 2.24) is 14.9 Å². The van der Waals surface area contributed by atoms with Gasteiger partial charge in [-0.25, -0.2) is 9.37 Å². The molecule has 0 aliphatic heterocycles. The number of carbonyl (C=O) groups excluding carboxylic acids is 1. The number of nitrogens with one attached hydrogen (secondary N) is 1. The Morgan fingerprint density at radius 1 is 1.12 bits per heavy atom. The Balaban J connectivity index is 1.43. The lowest BCUT2D eigenvalue weighted by molar-refractivity contribution is -0.119. The van der Waals surface area contributed by atoms with Crippen molar-refractivity contribution in [3.63, 3.8) is 0 Å². The van der Waals surface area contributed by atoms with Gasteiger partial charge in [0.1, 0.15) is 10.5 Å². The molecule has 33 heavy (non-hydrogen) atoms. The van der Waals surface area contributed by atoms with Crippen LogP contribution in [0.5, 0.6) is 0 Å². The maximum absolute atomic E-state index is 13.3. The van der Waals surface area contributed by atoms with Crippen LogP contribution in [-0.4, -0.2) is 27.3 Å².